The molecule has 0 bridgehead atoms. The molecule has 0 aliphatic rings. The van der Waals surface area contributed by atoms with Gasteiger partial charge < -0.3 is 9.73 Å². The molecule has 0 atom stereocenters. The van der Waals surface area contributed by atoms with Gasteiger partial charge in [0.1, 0.15) is 6.26 Å². The van der Waals surface area contributed by atoms with Crippen molar-refractivity contribution in [2.24, 2.45) is 0 Å². The molecule has 0 saturated heterocycles. The Labute approximate surface area is 108 Å². The molecule has 0 fully saturated rings. The maximum Gasteiger partial charge on any atom is 0.254 e. The topological polar surface area (TPSA) is 42.2 Å². The second-order valence-corrected chi connectivity index (χ2v) is 5.34. The lowest BCUT2D eigenvalue weighted by molar-refractivity contribution is 0.0955. The number of thiophene rings is 1. The maximum atomic E-state index is 11.5. The Balaban J connectivity index is 1.59. The summed E-state index contributed by atoms with van der Waals surface area (Å²) in [7, 11) is 0. The van der Waals surface area contributed by atoms with E-state index in [0.29, 0.717) is 12.1 Å². The van der Waals surface area contributed by atoms with Gasteiger partial charge in [-0.05, 0) is 28.5 Å². The van der Waals surface area contributed by atoms with Crippen LogP contribution in [0.15, 0.2) is 39.8 Å². The predicted octanol–water partition coefficient (Wildman–Crippen LogP) is 3.00. The molecule has 17 heavy (non-hydrogen) atoms. The van der Waals surface area contributed by atoms with Gasteiger partial charge in [-0.3, -0.25) is 4.79 Å². The van der Waals surface area contributed by atoms with Crippen molar-refractivity contribution in [1.29, 1.82) is 0 Å². The highest BCUT2D eigenvalue weighted by atomic mass is 32.2. The summed E-state index contributed by atoms with van der Waals surface area (Å²) in [5.74, 6) is 1.85. The molecule has 0 spiro atoms. The first-order chi connectivity index (χ1) is 8.36. The Morgan fingerprint density at radius 1 is 1.47 bits per heavy atom. The largest absolute Gasteiger partial charge is 0.472 e. The van der Waals surface area contributed by atoms with Crippen molar-refractivity contribution in [3.05, 3.63) is 46.5 Å². The van der Waals surface area contributed by atoms with Crippen LogP contribution in [0, 0.1) is 0 Å². The second-order valence-electron chi connectivity index (χ2n) is 3.45. The fourth-order valence-corrected chi connectivity index (χ4v) is 2.88. The summed E-state index contributed by atoms with van der Waals surface area (Å²) in [5, 5.41) is 7.08. The smallest absolute Gasteiger partial charge is 0.254 e. The Hall–Kier alpha value is -1.20. The Morgan fingerprint density at radius 3 is 3.12 bits per heavy atom. The summed E-state index contributed by atoms with van der Waals surface area (Å²) in [6.07, 6.45) is 2.95. The standard InChI is InChI=1S/C12H13NO2S2/c14-12(11-1-4-15-7-11)13-3-6-17-9-10-2-5-16-8-10/h1-2,4-5,7-8H,3,6,9H2,(H,13,14). The van der Waals surface area contributed by atoms with Crippen LogP contribution in [-0.2, 0) is 5.75 Å². The first kappa shape index (κ1) is 12.3. The number of nitrogens with one attached hydrogen (secondary N) is 1. The van der Waals surface area contributed by atoms with Gasteiger partial charge in [0.15, 0.2) is 0 Å². The van der Waals surface area contributed by atoms with Gasteiger partial charge in [0.05, 0.1) is 11.8 Å². The van der Waals surface area contributed by atoms with Gasteiger partial charge in [0, 0.05) is 18.1 Å². The quantitative estimate of drug-likeness (QED) is 0.818. The fourth-order valence-electron chi connectivity index (χ4n) is 1.30. The van der Waals surface area contributed by atoms with Crippen LogP contribution in [0.1, 0.15) is 15.9 Å². The van der Waals surface area contributed by atoms with Gasteiger partial charge in [-0.1, -0.05) is 0 Å². The SMILES string of the molecule is O=C(NCCSCc1ccsc1)c1ccoc1. The zero-order chi connectivity index (χ0) is 11.9. The van der Waals surface area contributed by atoms with Gasteiger partial charge in [0.2, 0.25) is 0 Å². The average molecular weight is 267 g/mol. The van der Waals surface area contributed by atoms with Gasteiger partial charge in [-0.25, -0.2) is 0 Å². The van der Waals surface area contributed by atoms with Crippen molar-refractivity contribution >= 4 is 29.0 Å². The third-order valence-electron chi connectivity index (χ3n) is 2.16. The minimum absolute atomic E-state index is 0.0742. The van der Waals surface area contributed by atoms with E-state index in [1.807, 2.05) is 11.8 Å². The minimum atomic E-state index is -0.0742. The van der Waals surface area contributed by atoms with Crippen molar-refractivity contribution < 1.29 is 9.21 Å². The van der Waals surface area contributed by atoms with E-state index in [1.165, 1.54) is 18.1 Å². The Bertz CT molecular complexity index is 437. The van der Waals surface area contributed by atoms with Gasteiger partial charge in [0.25, 0.3) is 5.91 Å². The number of carbonyl (C=O) groups is 1. The normalized spacial score (nSPS) is 10.4. The van der Waals surface area contributed by atoms with Gasteiger partial charge in [-0.2, -0.15) is 23.1 Å². The highest BCUT2D eigenvalue weighted by Gasteiger charge is 2.04. The van der Waals surface area contributed by atoms with Crippen molar-refractivity contribution in [3.63, 3.8) is 0 Å². The first-order valence-corrected chi connectivity index (χ1v) is 7.35. The number of hydrogen-bond acceptors (Lipinski definition) is 4. The van der Waals surface area contributed by atoms with E-state index in [9.17, 15) is 4.79 Å². The van der Waals surface area contributed by atoms with Crippen LogP contribution < -0.4 is 5.32 Å². The summed E-state index contributed by atoms with van der Waals surface area (Å²) in [5.41, 5.74) is 1.92. The molecule has 0 aliphatic heterocycles. The van der Waals surface area contributed by atoms with Crippen LogP contribution in [0.5, 0.6) is 0 Å². The molecule has 0 aromatic carbocycles. The maximum absolute atomic E-state index is 11.5. The second kappa shape index (κ2) is 6.51. The zero-order valence-electron chi connectivity index (χ0n) is 9.22. The number of amides is 1. The highest BCUT2D eigenvalue weighted by molar-refractivity contribution is 7.98. The van der Waals surface area contributed by atoms with Crippen molar-refractivity contribution in [2.75, 3.05) is 12.3 Å². The number of furan rings is 1. The van der Waals surface area contributed by atoms with Crippen LogP contribution >= 0.6 is 23.1 Å². The van der Waals surface area contributed by atoms with Gasteiger partial charge >= 0.3 is 0 Å². The van der Waals surface area contributed by atoms with E-state index < -0.39 is 0 Å². The summed E-state index contributed by atoms with van der Waals surface area (Å²) in [6, 6.07) is 3.79. The molecule has 0 saturated carbocycles. The number of carbonyl (C=O) groups excluding carboxylic acids is 1. The van der Waals surface area contributed by atoms with Crippen LogP contribution in [0.3, 0.4) is 0 Å². The summed E-state index contributed by atoms with van der Waals surface area (Å²) >= 11 is 3.53. The molecule has 2 aromatic heterocycles. The monoisotopic (exact) mass is 267 g/mol. The third kappa shape index (κ3) is 3.94. The summed E-state index contributed by atoms with van der Waals surface area (Å²) < 4.78 is 4.85. The van der Waals surface area contributed by atoms with Crippen molar-refractivity contribution in [2.45, 2.75) is 5.75 Å². The Kier molecular flexibility index (Phi) is 4.70. The predicted molar refractivity (Wildman–Crippen MR) is 71.5 cm³/mol. The molecule has 2 rings (SSSR count). The molecule has 0 unspecified atom stereocenters. The molecule has 0 aliphatic carbocycles. The lowest BCUT2D eigenvalue weighted by Crippen LogP contribution is -2.25. The van der Waals surface area contributed by atoms with E-state index in [0.717, 1.165) is 11.5 Å². The van der Waals surface area contributed by atoms with Crippen LogP contribution in [0.25, 0.3) is 0 Å². The van der Waals surface area contributed by atoms with E-state index in [2.05, 4.69) is 22.1 Å². The highest BCUT2D eigenvalue weighted by Crippen LogP contribution is 2.14. The van der Waals surface area contributed by atoms with E-state index in [-0.39, 0.29) is 5.91 Å². The third-order valence-corrected chi connectivity index (χ3v) is 3.93. The molecule has 5 heteroatoms. The Morgan fingerprint density at radius 2 is 2.41 bits per heavy atom. The van der Waals surface area contributed by atoms with E-state index >= 15 is 0 Å². The summed E-state index contributed by atoms with van der Waals surface area (Å²) in [4.78, 5) is 11.5. The van der Waals surface area contributed by atoms with E-state index in [4.69, 9.17) is 4.42 Å². The molecule has 2 heterocycles. The zero-order valence-corrected chi connectivity index (χ0v) is 10.9. The van der Waals surface area contributed by atoms with E-state index in [1.54, 1.807) is 17.4 Å². The average Bonchev–Trinajstić information content (AvgIpc) is 3.01. The number of thioether (sulfide) groups is 1. The molecule has 90 valence electrons. The molecule has 1 N–H and O–H groups in total. The molecule has 1 amide bonds. The molecule has 2 aromatic rings. The molecular formula is C12H13NO2S2. The minimum Gasteiger partial charge on any atom is -0.472 e. The lowest BCUT2D eigenvalue weighted by Gasteiger charge is -2.02. The lowest BCUT2D eigenvalue weighted by atomic mass is 10.3. The molecule has 3 nitrogen and oxygen atoms in total. The molecule has 0 radical (unpaired) electrons. The number of rotatable bonds is 6. The first-order valence-electron chi connectivity index (χ1n) is 5.25. The fraction of sp³-hybridized carbons (Fsp3) is 0.250. The number of hydrogen-bond donors (Lipinski definition) is 1. The van der Waals surface area contributed by atoms with Crippen LogP contribution in [-0.4, -0.2) is 18.2 Å². The molecular weight excluding hydrogens is 254 g/mol. The van der Waals surface area contributed by atoms with Crippen LogP contribution in [0.4, 0.5) is 0 Å². The van der Waals surface area contributed by atoms with Crippen molar-refractivity contribution in [1.82, 2.24) is 5.32 Å². The van der Waals surface area contributed by atoms with Gasteiger partial charge in [-0.15, -0.1) is 0 Å². The summed E-state index contributed by atoms with van der Waals surface area (Å²) in [6.45, 7) is 0.679. The van der Waals surface area contributed by atoms with Crippen molar-refractivity contribution in [3.8, 4) is 0 Å². The van der Waals surface area contributed by atoms with Crippen LogP contribution in [0.2, 0.25) is 0 Å².